The van der Waals surface area contributed by atoms with E-state index in [9.17, 15) is 13.2 Å². The monoisotopic (exact) mass is 255 g/mol. The van der Waals surface area contributed by atoms with Gasteiger partial charge in [-0.1, -0.05) is 6.07 Å². The van der Waals surface area contributed by atoms with Gasteiger partial charge in [0.1, 0.15) is 12.4 Å². The smallest absolute Gasteiger partial charge is 0.257 e. The van der Waals surface area contributed by atoms with Crippen LogP contribution >= 0.6 is 0 Å². The lowest BCUT2D eigenvalue weighted by Gasteiger charge is -2.05. The van der Waals surface area contributed by atoms with E-state index in [-0.39, 0.29) is 12.4 Å². The molecule has 0 saturated carbocycles. The fourth-order valence-electron chi connectivity index (χ4n) is 1.76. The average Bonchev–Trinajstić information content (AvgIpc) is 2.76. The summed E-state index contributed by atoms with van der Waals surface area (Å²) in [4.78, 5) is 0. The second-order valence-electron chi connectivity index (χ2n) is 3.85. The van der Waals surface area contributed by atoms with E-state index >= 15 is 0 Å². The van der Waals surface area contributed by atoms with Crippen molar-refractivity contribution < 1.29 is 13.2 Å². The molecule has 6 heteroatoms. The third-order valence-corrected chi connectivity index (χ3v) is 2.56. The van der Waals surface area contributed by atoms with Gasteiger partial charge in [-0.3, -0.25) is 4.68 Å². The highest BCUT2D eigenvalue weighted by Gasteiger charge is 2.10. The van der Waals surface area contributed by atoms with Gasteiger partial charge in [-0.2, -0.15) is 5.10 Å². The van der Waals surface area contributed by atoms with Crippen LogP contribution in [-0.2, 0) is 13.1 Å². The third kappa shape index (κ3) is 2.70. The molecule has 96 valence electrons. The summed E-state index contributed by atoms with van der Waals surface area (Å²) < 4.78 is 38.6. The van der Waals surface area contributed by atoms with Crippen molar-refractivity contribution in [1.29, 1.82) is 0 Å². The lowest BCUT2D eigenvalue weighted by Crippen LogP contribution is -2.06. The highest BCUT2D eigenvalue weighted by Crippen LogP contribution is 2.24. The summed E-state index contributed by atoms with van der Waals surface area (Å²) in [5.74, 6) is -0.376. The molecule has 18 heavy (non-hydrogen) atoms. The van der Waals surface area contributed by atoms with Crippen LogP contribution in [0.1, 0.15) is 5.56 Å². The van der Waals surface area contributed by atoms with Crippen molar-refractivity contribution in [3.63, 3.8) is 0 Å². The Kier molecular flexibility index (Phi) is 3.66. The minimum Gasteiger partial charge on any atom is -0.326 e. The van der Waals surface area contributed by atoms with Crippen LogP contribution < -0.4 is 5.73 Å². The van der Waals surface area contributed by atoms with E-state index in [2.05, 4.69) is 5.10 Å². The molecule has 0 aliphatic heterocycles. The van der Waals surface area contributed by atoms with Gasteiger partial charge in [0, 0.05) is 18.3 Å². The minimum absolute atomic E-state index is 0.174. The standard InChI is InChI=1S/C12H12F3N3/c13-10-1-2-11(8(3-10)4-16)9-5-17-18(6-9)7-12(14)15/h1-3,5-6,12H,4,7,16H2. The van der Waals surface area contributed by atoms with Gasteiger partial charge in [0.15, 0.2) is 0 Å². The molecule has 0 spiro atoms. The number of rotatable bonds is 4. The van der Waals surface area contributed by atoms with Gasteiger partial charge < -0.3 is 5.73 Å². The summed E-state index contributed by atoms with van der Waals surface area (Å²) in [7, 11) is 0. The van der Waals surface area contributed by atoms with Gasteiger partial charge in [0.25, 0.3) is 6.43 Å². The molecule has 0 radical (unpaired) electrons. The number of aromatic nitrogens is 2. The molecule has 1 heterocycles. The predicted molar refractivity (Wildman–Crippen MR) is 61.5 cm³/mol. The van der Waals surface area contributed by atoms with E-state index in [1.165, 1.54) is 24.5 Å². The quantitative estimate of drug-likeness (QED) is 0.911. The first-order chi connectivity index (χ1) is 8.60. The summed E-state index contributed by atoms with van der Waals surface area (Å²) in [6.07, 6.45) is 0.507. The van der Waals surface area contributed by atoms with Crippen LogP contribution in [0.15, 0.2) is 30.6 Å². The van der Waals surface area contributed by atoms with Crippen molar-refractivity contribution in [1.82, 2.24) is 9.78 Å². The summed E-state index contributed by atoms with van der Waals surface area (Å²) in [5.41, 5.74) is 7.50. The molecular weight excluding hydrogens is 243 g/mol. The Morgan fingerprint density at radius 2 is 2.11 bits per heavy atom. The zero-order valence-corrected chi connectivity index (χ0v) is 9.48. The molecule has 0 unspecified atom stereocenters. The van der Waals surface area contributed by atoms with Crippen molar-refractivity contribution in [2.24, 2.45) is 5.73 Å². The van der Waals surface area contributed by atoms with Crippen molar-refractivity contribution in [3.05, 3.63) is 42.0 Å². The van der Waals surface area contributed by atoms with Gasteiger partial charge in [0.2, 0.25) is 0 Å². The number of nitrogens with two attached hydrogens (primary N) is 1. The Hall–Kier alpha value is -1.82. The number of nitrogens with zero attached hydrogens (tertiary/aromatic N) is 2. The van der Waals surface area contributed by atoms with Gasteiger partial charge in [-0.05, 0) is 23.3 Å². The van der Waals surface area contributed by atoms with Gasteiger partial charge in [0.05, 0.1) is 6.20 Å². The molecule has 0 bridgehead atoms. The maximum Gasteiger partial charge on any atom is 0.257 e. The highest BCUT2D eigenvalue weighted by atomic mass is 19.3. The molecule has 1 aromatic carbocycles. The third-order valence-electron chi connectivity index (χ3n) is 2.56. The maximum absolute atomic E-state index is 13.1. The molecule has 0 saturated heterocycles. The Morgan fingerprint density at radius 3 is 2.78 bits per heavy atom. The summed E-state index contributed by atoms with van der Waals surface area (Å²) in [6.45, 7) is -0.285. The van der Waals surface area contributed by atoms with E-state index < -0.39 is 13.0 Å². The van der Waals surface area contributed by atoms with Crippen LogP contribution in [0.5, 0.6) is 0 Å². The lowest BCUT2D eigenvalue weighted by atomic mass is 10.0. The number of hydrogen-bond acceptors (Lipinski definition) is 2. The molecule has 0 aliphatic carbocycles. The largest absolute Gasteiger partial charge is 0.326 e. The van der Waals surface area contributed by atoms with Crippen molar-refractivity contribution in [2.75, 3.05) is 0 Å². The molecule has 2 N–H and O–H groups in total. The number of halogens is 3. The summed E-state index contributed by atoms with van der Waals surface area (Å²) in [5, 5.41) is 3.83. The van der Waals surface area contributed by atoms with E-state index in [1.54, 1.807) is 6.07 Å². The van der Waals surface area contributed by atoms with Crippen molar-refractivity contribution in [2.45, 2.75) is 19.5 Å². The van der Waals surface area contributed by atoms with Crippen LogP contribution in [0.2, 0.25) is 0 Å². The summed E-state index contributed by atoms with van der Waals surface area (Å²) >= 11 is 0. The minimum atomic E-state index is -2.46. The number of hydrogen-bond donors (Lipinski definition) is 1. The average molecular weight is 255 g/mol. The molecule has 0 amide bonds. The molecule has 1 aromatic heterocycles. The second-order valence-corrected chi connectivity index (χ2v) is 3.85. The molecule has 0 atom stereocenters. The van der Waals surface area contributed by atoms with Gasteiger partial charge in [-0.15, -0.1) is 0 Å². The predicted octanol–water partition coefficient (Wildman–Crippen LogP) is 2.41. The molecule has 3 nitrogen and oxygen atoms in total. The van der Waals surface area contributed by atoms with Crippen LogP contribution in [0.3, 0.4) is 0 Å². The first kappa shape index (κ1) is 12.6. The molecular formula is C12H12F3N3. The molecule has 2 aromatic rings. The topological polar surface area (TPSA) is 43.8 Å². The zero-order valence-electron chi connectivity index (χ0n) is 9.48. The van der Waals surface area contributed by atoms with Gasteiger partial charge >= 0.3 is 0 Å². The van der Waals surface area contributed by atoms with E-state index in [0.29, 0.717) is 16.7 Å². The molecule has 0 aliphatic rings. The number of benzene rings is 1. The lowest BCUT2D eigenvalue weighted by molar-refractivity contribution is 0.122. The SMILES string of the molecule is NCc1cc(F)ccc1-c1cnn(CC(F)F)c1. The van der Waals surface area contributed by atoms with E-state index in [0.717, 1.165) is 4.68 Å². The Bertz CT molecular complexity index is 537. The van der Waals surface area contributed by atoms with E-state index in [1.807, 2.05) is 0 Å². The van der Waals surface area contributed by atoms with Crippen LogP contribution in [-0.4, -0.2) is 16.2 Å². The first-order valence-corrected chi connectivity index (χ1v) is 5.39. The first-order valence-electron chi connectivity index (χ1n) is 5.39. The zero-order chi connectivity index (χ0) is 13.1. The molecule has 2 rings (SSSR count). The van der Waals surface area contributed by atoms with E-state index in [4.69, 9.17) is 5.73 Å². The second kappa shape index (κ2) is 5.22. The Morgan fingerprint density at radius 1 is 1.33 bits per heavy atom. The molecule has 0 fully saturated rings. The maximum atomic E-state index is 13.1. The van der Waals surface area contributed by atoms with Crippen LogP contribution in [0.4, 0.5) is 13.2 Å². The fourth-order valence-corrected chi connectivity index (χ4v) is 1.76. The van der Waals surface area contributed by atoms with Crippen LogP contribution in [0.25, 0.3) is 11.1 Å². The summed E-state index contributed by atoms with van der Waals surface area (Å²) in [6, 6.07) is 4.21. The normalized spacial score (nSPS) is 11.2. The number of alkyl halides is 2. The van der Waals surface area contributed by atoms with Crippen molar-refractivity contribution in [3.8, 4) is 11.1 Å². The fraction of sp³-hybridized carbons (Fsp3) is 0.250. The Labute approximate surface area is 102 Å². The Balaban J connectivity index is 2.33. The highest BCUT2D eigenvalue weighted by molar-refractivity contribution is 5.66. The van der Waals surface area contributed by atoms with Crippen LogP contribution in [0, 0.1) is 5.82 Å². The van der Waals surface area contributed by atoms with Crippen molar-refractivity contribution >= 4 is 0 Å². The van der Waals surface area contributed by atoms with Gasteiger partial charge in [-0.25, -0.2) is 13.2 Å².